The van der Waals surface area contributed by atoms with Gasteiger partial charge in [0.1, 0.15) is 0 Å². The minimum absolute atomic E-state index is 0.00116. The average Bonchev–Trinajstić information content (AvgIpc) is 2.37. The quantitative estimate of drug-likeness (QED) is 0.488. The largest absolute Gasteiger partial charge is 0.355 e. The molecule has 1 atom stereocenters. The summed E-state index contributed by atoms with van der Waals surface area (Å²) in [6.45, 7) is 6.31. The fraction of sp³-hybridized carbons (Fsp3) is 0.909. The Hall–Kier alpha value is -0.700. The van der Waals surface area contributed by atoms with Crippen LogP contribution in [0, 0.1) is 0 Å². The summed E-state index contributed by atoms with van der Waals surface area (Å²) in [4.78, 5) is 14.0. The lowest BCUT2D eigenvalue weighted by Crippen LogP contribution is -2.52. The molecule has 1 amide bonds. The molecule has 1 heterocycles. The van der Waals surface area contributed by atoms with Crippen LogP contribution >= 0.6 is 0 Å². The lowest BCUT2D eigenvalue weighted by Gasteiger charge is -2.31. The molecule has 0 bridgehead atoms. The van der Waals surface area contributed by atoms with E-state index in [1.54, 1.807) is 0 Å². The minimum Gasteiger partial charge on any atom is -0.355 e. The SMILES string of the molecule is CC(C(=O)NCCCNS(C)(=O)=O)N1CCNCC1. The van der Waals surface area contributed by atoms with E-state index in [0.717, 1.165) is 32.4 Å². The molecule has 1 aliphatic rings. The van der Waals surface area contributed by atoms with Gasteiger partial charge in [0.2, 0.25) is 15.9 Å². The van der Waals surface area contributed by atoms with E-state index in [1.807, 2.05) is 6.92 Å². The lowest BCUT2D eigenvalue weighted by atomic mass is 10.2. The van der Waals surface area contributed by atoms with Gasteiger partial charge in [-0.15, -0.1) is 0 Å². The van der Waals surface area contributed by atoms with E-state index in [1.165, 1.54) is 0 Å². The highest BCUT2D eigenvalue weighted by molar-refractivity contribution is 7.88. The zero-order valence-corrected chi connectivity index (χ0v) is 12.4. The first kappa shape index (κ1) is 16.4. The van der Waals surface area contributed by atoms with E-state index < -0.39 is 10.0 Å². The third-order valence-corrected chi connectivity index (χ3v) is 3.82. The molecule has 0 aromatic carbocycles. The molecule has 1 fully saturated rings. The highest BCUT2D eigenvalue weighted by atomic mass is 32.2. The van der Waals surface area contributed by atoms with Crippen molar-refractivity contribution in [3.05, 3.63) is 0 Å². The lowest BCUT2D eigenvalue weighted by molar-refractivity contribution is -0.126. The third kappa shape index (κ3) is 6.86. The summed E-state index contributed by atoms with van der Waals surface area (Å²) in [7, 11) is -3.14. The molecular formula is C11H24N4O3S. The van der Waals surface area contributed by atoms with Crippen LogP contribution in [0.15, 0.2) is 0 Å². The van der Waals surface area contributed by atoms with E-state index >= 15 is 0 Å². The van der Waals surface area contributed by atoms with Crippen LogP contribution in [-0.4, -0.2) is 70.8 Å². The molecule has 1 aliphatic heterocycles. The van der Waals surface area contributed by atoms with E-state index in [2.05, 4.69) is 20.3 Å². The van der Waals surface area contributed by atoms with Crippen molar-refractivity contribution < 1.29 is 13.2 Å². The van der Waals surface area contributed by atoms with Crippen LogP contribution in [0.3, 0.4) is 0 Å². The maximum atomic E-state index is 11.9. The van der Waals surface area contributed by atoms with Crippen molar-refractivity contribution in [3.8, 4) is 0 Å². The number of hydrogen-bond donors (Lipinski definition) is 3. The molecule has 1 saturated heterocycles. The first-order valence-corrected chi connectivity index (χ1v) is 8.46. The van der Waals surface area contributed by atoms with Gasteiger partial charge in [-0.2, -0.15) is 0 Å². The molecule has 112 valence electrons. The van der Waals surface area contributed by atoms with Crippen molar-refractivity contribution in [3.63, 3.8) is 0 Å². The number of nitrogens with one attached hydrogen (secondary N) is 3. The van der Waals surface area contributed by atoms with Crippen molar-refractivity contribution in [1.82, 2.24) is 20.3 Å². The second-order valence-corrected chi connectivity index (χ2v) is 6.61. The first-order chi connectivity index (χ1) is 8.90. The number of nitrogens with zero attached hydrogens (tertiary/aromatic N) is 1. The maximum absolute atomic E-state index is 11.9. The first-order valence-electron chi connectivity index (χ1n) is 6.57. The van der Waals surface area contributed by atoms with Gasteiger partial charge in [0, 0.05) is 39.3 Å². The predicted octanol–water partition coefficient (Wildman–Crippen LogP) is -1.66. The topological polar surface area (TPSA) is 90.5 Å². The number of amides is 1. The molecule has 0 radical (unpaired) electrons. The Bertz CT molecular complexity index is 379. The number of sulfonamides is 1. The number of rotatable bonds is 7. The van der Waals surface area contributed by atoms with Gasteiger partial charge < -0.3 is 10.6 Å². The van der Waals surface area contributed by atoms with Gasteiger partial charge >= 0.3 is 0 Å². The van der Waals surface area contributed by atoms with Crippen LogP contribution < -0.4 is 15.4 Å². The Morgan fingerprint density at radius 3 is 2.53 bits per heavy atom. The normalized spacial score (nSPS) is 19.1. The van der Waals surface area contributed by atoms with E-state index in [9.17, 15) is 13.2 Å². The monoisotopic (exact) mass is 292 g/mol. The van der Waals surface area contributed by atoms with Gasteiger partial charge in [0.25, 0.3) is 0 Å². The number of carbonyl (C=O) groups excluding carboxylic acids is 1. The highest BCUT2D eigenvalue weighted by Gasteiger charge is 2.21. The number of hydrogen-bond acceptors (Lipinski definition) is 5. The third-order valence-electron chi connectivity index (χ3n) is 3.10. The van der Waals surface area contributed by atoms with Crippen LogP contribution in [0.2, 0.25) is 0 Å². The fourth-order valence-electron chi connectivity index (χ4n) is 1.94. The summed E-state index contributed by atoms with van der Waals surface area (Å²) in [5, 5.41) is 6.07. The minimum atomic E-state index is -3.14. The zero-order chi connectivity index (χ0) is 14.3. The molecule has 8 heteroatoms. The maximum Gasteiger partial charge on any atom is 0.237 e. The van der Waals surface area contributed by atoms with Crippen molar-refractivity contribution in [2.45, 2.75) is 19.4 Å². The van der Waals surface area contributed by atoms with Gasteiger partial charge in [-0.25, -0.2) is 13.1 Å². The summed E-state index contributed by atoms with van der Waals surface area (Å²) >= 11 is 0. The molecule has 0 aliphatic carbocycles. The Morgan fingerprint density at radius 1 is 1.32 bits per heavy atom. The summed E-state index contributed by atoms with van der Waals surface area (Å²) < 4.78 is 24.1. The molecule has 0 aromatic rings. The average molecular weight is 292 g/mol. The molecule has 19 heavy (non-hydrogen) atoms. The van der Waals surface area contributed by atoms with E-state index in [0.29, 0.717) is 19.5 Å². The molecule has 3 N–H and O–H groups in total. The van der Waals surface area contributed by atoms with Gasteiger partial charge in [-0.05, 0) is 13.3 Å². The van der Waals surface area contributed by atoms with Crippen LogP contribution in [0.5, 0.6) is 0 Å². The Balaban J connectivity index is 2.16. The van der Waals surface area contributed by atoms with E-state index in [4.69, 9.17) is 0 Å². The molecule has 0 aromatic heterocycles. The summed E-state index contributed by atoms with van der Waals surface area (Å²) in [6, 6.07) is -0.134. The van der Waals surface area contributed by atoms with Crippen molar-refractivity contribution >= 4 is 15.9 Å². The van der Waals surface area contributed by atoms with Gasteiger partial charge in [-0.3, -0.25) is 9.69 Å². The molecule has 0 spiro atoms. The van der Waals surface area contributed by atoms with E-state index in [-0.39, 0.29) is 11.9 Å². The number of piperazine rings is 1. The van der Waals surface area contributed by atoms with Gasteiger partial charge in [-0.1, -0.05) is 0 Å². The van der Waals surface area contributed by atoms with Crippen molar-refractivity contribution in [1.29, 1.82) is 0 Å². The van der Waals surface area contributed by atoms with Crippen LogP contribution in [0.25, 0.3) is 0 Å². The molecule has 1 rings (SSSR count). The van der Waals surface area contributed by atoms with Crippen molar-refractivity contribution in [2.24, 2.45) is 0 Å². The summed E-state index contributed by atoms with van der Waals surface area (Å²) in [6.07, 6.45) is 1.71. The molecule has 0 saturated carbocycles. The Morgan fingerprint density at radius 2 is 1.95 bits per heavy atom. The van der Waals surface area contributed by atoms with Crippen LogP contribution in [0.1, 0.15) is 13.3 Å². The number of carbonyl (C=O) groups is 1. The van der Waals surface area contributed by atoms with Crippen LogP contribution in [-0.2, 0) is 14.8 Å². The predicted molar refractivity (Wildman–Crippen MR) is 74.4 cm³/mol. The fourth-order valence-corrected chi connectivity index (χ4v) is 2.46. The molecule has 1 unspecified atom stereocenters. The second-order valence-electron chi connectivity index (χ2n) is 4.77. The zero-order valence-electron chi connectivity index (χ0n) is 11.6. The summed E-state index contributed by atoms with van der Waals surface area (Å²) in [5.74, 6) is 0.00116. The van der Waals surface area contributed by atoms with Crippen LogP contribution in [0.4, 0.5) is 0 Å². The molecule has 7 nitrogen and oxygen atoms in total. The van der Waals surface area contributed by atoms with Gasteiger partial charge in [0.05, 0.1) is 12.3 Å². The Labute approximate surface area is 115 Å². The second kappa shape index (κ2) is 7.78. The van der Waals surface area contributed by atoms with Gasteiger partial charge in [0.15, 0.2) is 0 Å². The van der Waals surface area contributed by atoms with Crippen molar-refractivity contribution in [2.75, 3.05) is 45.5 Å². The Kier molecular flexibility index (Phi) is 6.70. The summed E-state index contributed by atoms with van der Waals surface area (Å²) in [5.41, 5.74) is 0. The smallest absolute Gasteiger partial charge is 0.237 e. The molecular weight excluding hydrogens is 268 g/mol. The highest BCUT2D eigenvalue weighted by Crippen LogP contribution is 2.00. The standard InChI is InChI=1S/C11H24N4O3S/c1-10(15-8-6-12-7-9-15)11(16)13-4-3-5-14-19(2,17)18/h10,12,14H,3-9H2,1-2H3,(H,13,16).